The van der Waals surface area contributed by atoms with E-state index in [0.717, 1.165) is 21.4 Å². The fourth-order valence-electron chi connectivity index (χ4n) is 4.93. The van der Waals surface area contributed by atoms with E-state index < -0.39 is 0 Å². The van der Waals surface area contributed by atoms with Crippen LogP contribution in [0.15, 0.2) is 119 Å². The smallest absolute Gasteiger partial charge is 0.263 e. The predicted molar refractivity (Wildman–Crippen MR) is 164 cm³/mol. The lowest BCUT2D eigenvalue weighted by Crippen LogP contribution is -2.34. The molecule has 6 nitrogen and oxygen atoms in total. The maximum atomic E-state index is 14.3. The highest BCUT2D eigenvalue weighted by atomic mass is 32.1. The minimum Gasteiger partial charge on any atom is -0.457 e. The van der Waals surface area contributed by atoms with E-state index >= 15 is 0 Å². The average molecular weight is 561 g/mol. The molecule has 7 heteroatoms. The van der Waals surface area contributed by atoms with Gasteiger partial charge in [0.05, 0.1) is 22.4 Å². The number of pyridine rings is 2. The number of amides is 1. The van der Waals surface area contributed by atoms with Gasteiger partial charge in [0, 0.05) is 32.0 Å². The number of aromatic nitrogens is 1. The molecular weight excluding hydrogens is 532 g/mol. The van der Waals surface area contributed by atoms with Crippen molar-refractivity contribution in [1.29, 1.82) is 0 Å². The van der Waals surface area contributed by atoms with Crippen molar-refractivity contribution in [1.82, 2.24) is 9.30 Å². The fraction of sp³-hybridized carbons (Fsp3) is 0.118. The van der Waals surface area contributed by atoms with Gasteiger partial charge >= 0.3 is 0 Å². The molecule has 0 aliphatic carbocycles. The minimum absolute atomic E-state index is 0.158. The van der Waals surface area contributed by atoms with Gasteiger partial charge in [0.2, 0.25) is 0 Å². The lowest BCUT2D eigenvalue weighted by Gasteiger charge is -2.24. The summed E-state index contributed by atoms with van der Waals surface area (Å²) in [6, 6.07) is 32.5. The first kappa shape index (κ1) is 26.5. The Hall–Kier alpha value is -4.72. The molecule has 3 aromatic heterocycles. The zero-order valence-corrected chi connectivity index (χ0v) is 23.3. The van der Waals surface area contributed by atoms with Crippen LogP contribution in [0, 0.1) is 0 Å². The van der Waals surface area contributed by atoms with E-state index in [1.165, 1.54) is 11.3 Å². The Morgan fingerprint density at radius 2 is 1.59 bits per heavy atom. The number of rotatable bonds is 9. The van der Waals surface area contributed by atoms with Crippen LogP contribution in [0.2, 0.25) is 0 Å². The van der Waals surface area contributed by atoms with Gasteiger partial charge in [-0.15, -0.1) is 11.3 Å². The third kappa shape index (κ3) is 5.50. The molecule has 0 saturated heterocycles. The number of para-hydroxylation sites is 1. The van der Waals surface area contributed by atoms with E-state index in [0.29, 0.717) is 47.7 Å². The molecule has 1 amide bonds. The minimum atomic E-state index is -0.185. The van der Waals surface area contributed by atoms with Crippen LogP contribution in [0.5, 0.6) is 11.5 Å². The van der Waals surface area contributed by atoms with Gasteiger partial charge in [-0.1, -0.05) is 60.7 Å². The number of hydrogen-bond donors (Lipinski definition) is 0. The summed E-state index contributed by atoms with van der Waals surface area (Å²) >= 11 is 1.52. The second-order valence-corrected chi connectivity index (χ2v) is 10.6. The number of hydrogen-bond acceptors (Lipinski definition) is 5. The van der Waals surface area contributed by atoms with Crippen LogP contribution in [0.1, 0.15) is 15.9 Å². The molecule has 204 valence electrons. The molecule has 0 aliphatic heterocycles. The molecule has 0 aliphatic rings. The van der Waals surface area contributed by atoms with E-state index in [4.69, 9.17) is 9.47 Å². The molecule has 0 bridgehead atoms. The highest BCUT2D eigenvalue weighted by Gasteiger charge is 2.23. The molecule has 0 unspecified atom stereocenters. The Morgan fingerprint density at radius 3 is 2.32 bits per heavy atom. The average Bonchev–Trinajstić information content (AvgIpc) is 3.50. The first-order valence-corrected chi connectivity index (χ1v) is 14.2. The Labute approximate surface area is 241 Å². The maximum absolute atomic E-state index is 14.3. The van der Waals surface area contributed by atoms with Gasteiger partial charge in [0.25, 0.3) is 11.5 Å². The lowest BCUT2D eigenvalue weighted by atomic mass is 10.0. The monoisotopic (exact) mass is 560 g/mol. The number of thiophene rings is 1. The van der Waals surface area contributed by atoms with Crippen molar-refractivity contribution in [3.8, 4) is 22.6 Å². The lowest BCUT2D eigenvalue weighted by molar-refractivity contribution is 0.0682. The normalized spacial score (nSPS) is 11.1. The van der Waals surface area contributed by atoms with Gasteiger partial charge in [0.15, 0.2) is 0 Å². The number of methoxy groups -OCH3 is 1. The van der Waals surface area contributed by atoms with Crippen molar-refractivity contribution in [2.45, 2.75) is 6.54 Å². The summed E-state index contributed by atoms with van der Waals surface area (Å²) in [5, 5.41) is 2.97. The Balaban J connectivity index is 1.46. The standard InChI is InChI=1S/C34H28N2O4S/c1-39-20-19-35(23-24-8-4-2-5-9-24)33(37)30-22-29(34(38)36-18-16-26-17-21-41-32(26)31(30)36)25-12-14-28(15-13-25)40-27-10-6-3-7-11-27/h2-18,21-22H,19-20,23H2,1H3. The van der Waals surface area contributed by atoms with Gasteiger partial charge in [-0.05, 0) is 64.4 Å². The summed E-state index contributed by atoms with van der Waals surface area (Å²) in [5.74, 6) is 1.23. The molecule has 3 aromatic carbocycles. The third-order valence-corrected chi connectivity index (χ3v) is 7.93. The van der Waals surface area contributed by atoms with Crippen molar-refractivity contribution in [2.24, 2.45) is 0 Å². The van der Waals surface area contributed by atoms with Crippen molar-refractivity contribution in [2.75, 3.05) is 20.3 Å². The topological polar surface area (TPSA) is 60.2 Å². The van der Waals surface area contributed by atoms with Crippen molar-refractivity contribution in [3.05, 3.63) is 136 Å². The molecule has 41 heavy (non-hydrogen) atoms. The van der Waals surface area contributed by atoms with E-state index in [1.807, 2.05) is 102 Å². The van der Waals surface area contributed by atoms with Gasteiger partial charge < -0.3 is 14.4 Å². The highest BCUT2D eigenvalue weighted by molar-refractivity contribution is 7.18. The molecule has 0 radical (unpaired) electrons. The zero-order valence-electron chi connectivity index (χ0n) is 22.5. The molecule has 0 fully saturated rings. The fourth-order valence-corrected chi connectivity index (χ4v) is 5.88. The van der Waals surface area contributed by atoms with E-state index in [1.54, 1.807) is 28.7 Å². The number of carbonyl (C=O) groups excluding carboxylic acids is 1. The summed E-state index contributed by atoms with van der Waals surface area (Å²) in [4.78, 5) is 30.0. The summed E-state index contributed by atoms with van der Waals surface area (Å²) in [5.41, 5.74) is 3.08. The van der Waals surface area contributed by atoms with Crippen molar-refractivity contribution >= 4 is 32.8 Å². The predicted octanol–water partition coefficient (Wildman–Crippen LogP) is 7.26. The second-order valence-electron chi connectivity index (χ2n) is 9.66. The van der Waals surface area contributed by atoms with E-state index in [2.05, 4.69) is 0 Å². The molecular formula is C34H28N2O4S. The Morgan fingerprint density at radius 1 is 0.878 bits per heavy atom. The summed E-state index contributed by atoms with van der Waals surface area (Å²) < 4.78 is 13.8. The number of benzene rings is 3. The first-order valence-electron chi connectivity index (χ1n) is 13.3. The van der Waals surface area contributed by atoms with Gasteiger partial charge in [-0.25, -0.2) is 0 Å². The van der Waals surface area contributed by atoms with Crippen molar-refractivity contribution in [3.63, 3.8) is 0 Å². The third-order valence-electron chi connectivity index (χ3n) is 6.99. The largest absolute Gasteiger partial charge is 0.457 e. The van der Waals surface area contributed by atoms with Crippen LogP contribution in [-0.2, 0) is 11.3 Å². The molecule has 3 heterocycles. The molecule has 0 saturated carbocycles. The maximum Gasteiger partial charge on any atom is 0.263 e. The number of carbonyl (C=O) groups is 1. The van der Waals surface area contributed by atoms with E-state index in [-0.39, 0.29) is 11.5 Å². The first-order chi connectivity index (χ1) is 20.1. The van der Waals surface area contributed by atoms with Crippen LogP contribution < -0.4 is 10.3 Å². The summed E-state index contributed by atoms with van der Waals surface area (Å²) in [6.45, 7) is 1.24. The second kappa shape index (κ2) is 11.8. The number of ether oxygens (including phenoxy) is 2. The molecule has 0 atom stereocenters. The Bertz CT molecular complexity index is 1860. The van der Waals surface area contributed by atoms with Gasteiger partial charge in [-0.3, -0.25) is 14.0 Å². The van der Waals surface area contributed by atoms with E-state index in [9.17, 15) is 9.59 Å². The van der Waals surface area contributed by atoms with Gasteiger partial charge in [-0.2, -0.15) is 0 Å². The Kier molecular flexibility index (Phi) is 7.63. The quantitative estimate of drug-likeness (QED) is 0.187. The number of fused-ring (bicyclic) bond motifs is 3. The van der Waals surface area contributed by atoms with Crippen LogP contribution >= 0.6 is 11.3 Å². The molecule has 0 N–H and O–H groups in total. The number of nitrogens with zero attached hydrogens (tertiary/aromatic N) is 2. The molecule has 6 aromatic rings. The van der Waals surface area contributed by atoms with Crippen LogP contribution in [-0.4, -0.2) is 35.5 Å². The summed E-state index contributed by atoms with van der Waals surface area (Å²) in [7, 11) is 1.63. The van der Waals surface area contributed by atoms with Crippen LogP contribution in [0.4, 0.5) is 0 Å². The highest BCUT2D eigenvalue weighted by Crippen LogP contribution is 2.31. The SMILES string of the molecule is COCCN(Cc1ccccc1)C(=O)c1cc(-c2ccc(Oc3ccccc3)cc2)c(=O)n2ccc3ccsc3c12. The summed E-state index contributed by atoms with van der Waals surface area (Å²) in [6.07, 6.45) is 1.76. The molecule has 0 spiro atoms. The van der Waals surface area contributed by atoms with Crippen molar-refractivity contribution < 1.29 is 14.3 Å². The molecule has 6 rings (SSSR count). The van der Waals surface area contributed by atoms with Crippen LogP contribution in [0.3, 0.4) is 0 Å². The van der Waals surface area contributed by atoms with Crippen LogP contribution in [0.25, 0.3) is 26.7 Å². The zero-order chi connectivity index (χ0) is 28.2. The van der Waals surface area contributed by atoms with Gasteiger partial charge in [0.1, 0.15) is 11.5 Å².